The number of nitrogens with one attached hydrogen (secondary N) is 1. The molecule has 100 valence electrons. The van der Waals surface area contributed by atoms with E-state index in [4.69, 9.17) is 0 Å². The van der Waals surface area contributed by atoms with Crippen molar-refractivity contribution in [1.82, 2.24) is 15.2 Å². The molecule has 1 aliphatic rings. The Balaban J connectivity index is 1.72. The zero-order valence-electron chi connectivity index (χ0n) is 11.2. The number of aromatic nitrogens is 1. The molecule has 3 rings (SSSR count). The van der Waals surface area contributed by atoms with Crippen LogP contribution in [0.25, 0.3) is 10.6 Å². The predicted octanol–water partition coefficient (Wildman–Crippen LogP) is 2.52. The van der Waals surface area contributed by atoms with Crippen LogP contribution in [0.2, 0.25) is 0 Å². The Kier molecular flexibility index (Phi) is 3.92. The lowest BCUT2D eigenvalue weighted by Crippen LogP contribution is -2.42. The molecule has 2 heterocycles. The SMILES string of the molecule is Cc1cccc(-c2ncc(CN3CCNCC3)s2)c1. The number of hydrogen-bond donors (Lipinski definition) is 1. The van der Waals surface area contributed by atoms with Gasteiger partial charge in [-0.2, -0.15) is 0 Å². The number of hydrogen-bond acceptors (Lipinski definition) is 4. The maximum atomic E-state index is 4.57. The topological polar surface area (TPSA) is 28.2 Å². The molecule has 1 saturated heterocycles. The normalized spacial score (nSPS) is 16.7. The van der Waals surface area contributed by atoms with Crippen LogP contribution in [0.4, 0.5) is 0 Å². The van der Waals surface area contributed by atoms with Crippen molar-refractivity contribution in [3.8, 4) is 10.6 Å². The van der Waals surface area contributed by atoms with E-state index in [0.717, 1.165) is 37.7 Å². The van der Waals surface area contributed by atoms with Crippen LogP contribution in [0.3, 0.4) is 0 Å². The van der Waals surface area contributed by atoms with E-state index in [1.807, 2.05) is 17.5 Å². The number of aryl methyl sites for hydroxylation is 1. The maximum absolute atomic E-state index is 4.57. The molecule has 1 fully saturated rings. The van der Waals surface area contributed by atoms with Gasteiger partial charge < -0.3 is 5.32 Å². The molecule has 0 radical (unpaired) electrons. The minimum Gasteiger partial charge on any atom is -0.314 e. The Morgan fingerprint density at radius 2 is 2.16 bits per heavy atom. The molecule has 1 aromatic carbocycles. The van der Waals surface area contributed by atoms with Gasteiger partial charge >= 0.3 is 0 Å². The van der Waals surface area contributed by atoms with Crippen molar-refractivity contribution >= 4 is 11.3 Å². The number of thiazole rings is 1. The molecular formula is C15H19N3S. The average Bonchev–Trinajstić information content (AvgIpc) is 2.88. The van der Waals surface area contributed by atoms with E-state index in [1.54, 1.807) is 0 Å². The third-order valence-electron chi connectivity index (χ3n) is 3.41. The van der Waals surface area contributed by atoms with Crippen LogP contribution in [0.15, 0.2) is 30.5 Å². The Morgan fingerprint density at radius 3 is 2.95 bits per heavy atom. The van der Waals surface area contributed by atoms with Gasteiger partial charge in [0.2, 0.25) is 0 Å². The second-order valence-corrected chi connectivity index (χ2v) is 6.14. The summed E-state index contributed by atoms with van der Waals surface area (Å²) in [5, 5.41) is 4.52. The number of nitrogens with zero attached hydrogens (tertiary/aromatic N) is 2. The Labute approximate surface area is 118 Å². The van der Waals surface area contributed by atoms with Crippen LogP contribution < -0.4 is 5.32 Å². The molecular weight excluding hydrogens is 254 g/mol. The third-order valence-corrected chi connectivity index (χ3v) is 4.44. The number of piperazine rings is 1. The van der Waals surface area contributed by atoms with Gasteiger partial charge in [0.05, 0.1) is 0 Å². The van der Waals surface area contributed by atoms with Crippen molar-refractivity contribution in [2.75, 3.05) is 26.2 Å². The van der Waals surface area contributed by atoms with Crippen LogP contribution in [0.1, 0.15) is 10.4 Å². The molecule has 1 N–H and O–H groups in total. The molecule has 0 amide bonds. The van der Waals surface area contributed by atoms with Crippen molar-refractivity contribution in [1.29, 1.82) is 0 Å². The molecule has 0 spiro atoms. The van der Waals surface area contributed by atoms with E-state index in [-0.39, 0.29) is 0 Å². The third kappa shape index (κ3) is 3.21. The highest BCUT2D eigenvalue weighted by atomic mass is 32.1. The zero-order chi connectivity index (χ0) is 13.1. The molecule has 3 nitrogen and oxygen atoms in total. The lowest BCUT2D eigenvalue weighted by atomic mass is 10.1. The summed E-state index contributed by atoms with van der Waals surface area (Å²) in [6.07, 6.45) is 2.03. The van der Waals surface area contributed by atoms with Crippen LogP contribution in [0, 0.1) is 6.92 Å². The standard InChI is InChI=1S/C15H19N3S/c1-12-3-2-4-13(9-12)15-17-10-14(19-15)11-18-7-5-16-6-8-18/h2-4,9-10,16H,5-8,11H2,1H3. The van der Waals surface area contributed by atoms with Gasteiger partial charge in [0, 0.05) is 49.4 Å². The van der Waals surface area contributed by atoms with E-state index in [2.05, 4.69) is 46.4 Å². The highest BCUT2D eigenvalue weighted by Gasteiger charge is 2.12. The lowest BCUT2D eigenvalue weighted by molar-refractivity contribution is 0.235. The van der Waals surface area contributed by atoms with E-state index in [1.165, 1.54) is 16.0 Å². The summed E-state index contributed by atoms with van der Waals surface area (Å²) in [5.74, 6) is 0. The van der Waals surface area contributed by atoms with E-state index >= 15 is 0 Å². The molecule has 1 aromatic heterocycles. The summed E-state index contributed by atoms with van der Waals surface area (Å²) >= 11 is 1.82. The summed E-state index contributed by atoms with van der Waals surface area (Å²) in [7, 11) is 0. The summed E-state index contributed by atoms with van der Waals surface area (Å²) in [6, 6.07) is 8.56. The van der Waals surface area contributed by atoms with Gasteiger partial charge in [-0.15, -0.1) is 11.3 Å². The molecule has 0 atom stereocenters. The first-order valence-electron chi connectivity index (χ1n) is 6.76. The van der Waals surface area contributed by atoms with E-state index < -0.39 is 0 Å². The van der Waals surface area contributed by atoms with Crippen LogP contribution in [0.5, 0.6) is 0 Å². The quantitative estimate of drug-likeness (QED) is 0.931. The van der Waals surface area contributed by atoms with E-state index in [9.17, 15) is 0 Å². The van der Waals surface area contributed by atoms with Crippen molar-refractivity contribution in [2.24, 2.45) is 0 Å². The predicted molar refractivity (Wildman–Crippen MR) is 80.4 cm³/mol. The van der Waals surface area contributed by atoms with Crippen LogP contribution in [-0.4, -0.2) is 36.1 Å². The molecule has 0 saturated carbocycles. The molecule has 1 aliphatic heterocycles. The fourth-order valence-electron chi connectivity index (χ4n) is 2.38. The largest absolute Gasteiger partial charge is 0.314 e. The zero-order valence-corrected chi connectivity index (χ0v) is 12.0. The Hall–Kier alpha value is -1.23. The fraction of sp³-hybridized carbons (Fsp3) is 0.400. The van der Waals surface area contributed by atoms with E-state index in [0.29, 0.717) is 0 Å². The number of benzene rings is 1. The Morgan fingerprint density at radius 1 is 1.32 bits per heavy atom. The fourth-order valence-corrected chi connectivity index (χ4v) is 3.33. The van der Waals surface area contributed by atoms with Gasteiger partial charge in [0.1, 0.15) is 5.01 Å². The smallest absolute Gasteiger partial charge is 0.123 e. The van der Waals surface area contributed by atoms with Gasteiger partial charge in [0.25, 0.3) is 0 Å². The van der Waals surface area contributed by atoms with Crippen molar-refractivity contribution in [3.05, 3.63) is 40.9 Å². The van der Waals surface area contributed by atoms with Crippen molar-refractivity contribution in [2.45, 2.75) is 13.5 Å². The van der Waals surface area contributed by atoms with Crippen LogP contribution in [-0.2, 0) is 6.54 Å². The first-order chi connectivity index (χ1) is 9.31. The minimum atomic E-state index is 1.03. The molecule has 4 heteroatoms. The van der Waals surface area contributed by atoms with Gasteiger partial charge in [-0.3, -0.25) is 4.90 Å². The average molecular weight is 273 g/mol. The number of rotatable bonds is 3. The second kappa shape index (κ2) is 5.82. The highest BCUT2D eigenvalue weighted by Crippen LogP contribution is 2.26. The Bertz CT molecular complexity index is 544. The van der Waals surface area contributed by atoms with Gasteiger partial charge in [-0.25, -0.2) is 4.98 Å². The summed E-state index contributed by atoms with van der Waals surface area (Å²) < 4.78 is 0. The van der Waals surface area contributed by atoms with Crippen molar-refractivity contribution in [3.63, 3.8) is 0 Å². The van der Waals surface area contributed by atoms with Gasteiger partial charge in [-0.1, -0.05) is 23.8 Å². The van der Waals surface area contributed by atoms with Crippen LogP contribution >= 0.6 is 11.3 Å². The summed E-state index contributed by atoms with van der Waals surface area (Å²) in [6.45, 7) is 7.63. The molecule has 19 heavy (non-hydrogen) atoms. The molecule has 0 aliphatic carbocycles. The lowest BCUT2D eigenvalue weighted by Gasteiger charge is -2.26. The summed E-state index contributed by atoms with van der Waals surface area (Å²) in [4.78, 5) is 8.42. The van der Waals surface area contributed by atoms with Gasteiger partial charge in [-0.05, 0) is 13.0 Å². The first-order valence-corrected chi connectivity index (χ1v) is 7.58. The first kappa shape index (κ1) is 12.8. The highest BCUT2D eigenvalue weighted by molar-refractivity contribution is 7.15. The molecule has 2 aromatic rings. The van der Waals surface area contributed by atoms with Crippen molar-refractivity contribution < 1.29 is 0 Å². The summed E-state index contributed by atoms with van der Waals surface area (Å²) in [5.41, 5.74) is 2.52. The molecule has 0 unspecified atom stereocenters. The second-order valence-electron chi connectivity index (χ2n) is 5.03. The maximum Gasteiger partial charge on any atom is 0.123 e. The van der Waals surface area contributed by atoms with Gasteiger partial charge in [0.15, 0.2) is 0 Å². The monoisotopic (exact) mass is 273 g/mol. The molecule has 0 bridgehead atoms. The minimum absolute atomic E-state index is 1.03.